The second kappa shape index (κ2) is 7.82. The predicted molar refractivity (Wildman–Crippen MR) is 90.4 cm³/mol. The summed E-state index contributed by atoms with van der Waals surface area (Å²) in [6.07, 6.45) is 2.05. The van der Waals surface area contributed by atoms with Gasteiger partial charge in [0, 0.05) is 9.50 Å². The van der Waals surface area contributed by atoms with Crippen LogP contribution in [0.1, 0.15) is 11.1 Å². The molecule has 0 amide bonds. The lowest BCUT2D eigenvalue weighted by atomic mass is 9.92. The van der Waals surface area contributed by atoms with Gasteiger partial charge in [-0.1, -0.05) is 57.9 Å². The Labute approximate surface area is 134 Å². The van der Waals surface area contributed by atoms with Crippen LogP contribution in [-0.4, -0.2) is 13.6 Å². The number of halogens is 2. The van der Waals surface area contributed by atoms with Gasteiger partial charge in [0.1, 0.15) is 0 Å². The molecule has 1 nitrogen and oxygen atoms in total. The summed E-state index contributed by atoms with van der Waals surface area (Å²) >= 11 is 9.74. The first kappa shape index (κ1) is 15.6. The fourth-order valence-electron chi connectivity index (χ4n) is 2.43. The van der Waals surface area contributed by atoms with Crippen LogP contribution in [0, 0.1) is 5.92 Å². The maximum absolute atomic E-state index is 6.27. The molecule has 2 rings (SSSR count). The Balaban J connectivity index is 2.07. The van der Waals surface area contributed by atoms with Gasteiger partial charge in [0.15, 0.2) is 0 Å². The van der Waals surface area contributed by atoms with E-state index in [1.165, 1.54) is 11.1 Å². The molecule has 1 N–H and O–H groups in total. The molecule has 0 aliphatic heterocycles. The van der Waals surface area contributed by atoms with Crippen molar-refractivity contribution >= 4 is 27.5 Å². The van der Waals surface area contributed by atoms with Crippen molar-refractivity contribution < 1.29 is 0 Å². The van der Waals surface area contributed by atoms with Crippen molar-refractivity contribution in [1.29, 1.82) is 0 Å². The minimum Gasteiger partial charge on any atom is -0.319 e. The molecule has 0 aliphatic carbocycles. The molecule has 20 heavy (non-hydrogen) atoms. The van der Waals surface area contributed by atoms with Crippen LogP contribution in [-0.2, 0) is 12.8 Å². The second-order valence-electron chi connectivity index (χ2n) is 5.05. The Kier molecular flexibility index (Phi) is 6.08. The van der Waals surface area contributed by atoms with Crippen LogP contribution < -0.4 is 5.32 Å². The lowest BCUT2D eigenvalue weighted by Crippen LogP contribution is -2.22. The molecule has 0 bridgehead atoms. The summed E-state index contributed by atoms with van der Waals surface area (Å²) in [5, 5.41) is 4.15. The van der Waals surface area contributed by atoms with Crippen LogP contribution in [0.4, 0.5) is 0 Å². The van der Waals surface area contributed by atoms with Gasteiger partial charge in [0.05, 0.1) is 0 Å². The third-order valence-corrected chi connectivity index (χ3v) is 4.29. The van der Waals surface area contributed by atoms with Crippen LogP contribution in [0.5, 0.6) is 0 Å². The van der Waals surface area contributed by atoms with Gasteiger partial charge in [-0.15, -0.1) is 0 Å². The van der Waals surface area contributed by atoms with E-state index in [9.17, 15) is 0 Å². The summed E-state index contributed by atoms with van der Waals surface area (Å²) in [6, 6.07) is 16.7. The normalized spacial score (nSPS) is 12.3. The summed E-state index contributed by atoms with van der Waals surface area (Å²) in [4.78, 5) is 0. The zero-order chi connectivity index (χ0) is 14.4. The monoisotopic (exact) mass is 351 g/mol. The van der Waals surface area contributed by atoms with E-state index in [2.05, 4.69) is 57.6 Å². The van der Waals surface area contributed by atoms with E-state index in [4.69, 9.17) is 11.6 Å². The maximum atomic E-state index is 6.27. The molecule has 2 aromatic carbocycles. The largest absolute Gasteiger partial charge is 0.319 e. The molecule has 0 saturated heterocycles. The van der Waals surface area contributed by atoms with Crippen molar-refractivity contribution in [3.05, 3.63) is 69.2 Å². The van der Waals surface area contributed by atoms with Crippen LogP contribution in [0.2, 0.25) is 5.02 Å². The summed E-state index contributed by atoms with van der Waals surface area (Å²) in [5.41, 5.74) is 2.59. The van der Waals surface area contributed by atoms with Gasteiger partial charge < -0.3 is 5.32 Å². The van der Waals surface area contributed by atoms with Gasteiger partial charge in [0.25, 0.3) is 0 Å². The van der Waals surface area contributed by atoms with Crippen LogP contribution >= 0.6 is 27.5 Å². The predicted octanol–water partition coefficient (Wildman–Crippen LogP) is 4.72. The van der Waals surface area contributed by atoms with E-state index in [0.717, 1.165) is 28.9 Å². The zero-order valence-corrected chi connectivity index (χ0v) is 13.9. The van der Waals surface area contributed by atoms with E-state index >= 15 is 0 Å². The molecule has 0 aliphatic rings. The fourth-order valence-corrected chi connectivity index (χ4v) is 2.91. The van der Waals surface area contributed by atoms with Crippen LogP contribution in [0.15, 0.2) is 53.0 Å². The van der Waals surface area contributed by atoms with Crippen molar-refractivity contribution in [1.82, 2.24) is 5.32 Å². The van der Waals surface area contributed by atoms with E-state index in [-0.39, 0.29) is 0 Å². The summed E-state index contributed by atoms with van der Waals surface area (Å²) in [6.45, 7) is 0.987. The highest BCUT2D eigenvalue weighted by atomic mass is 79.9. The molecule has 0 fully saturated rings. The van der Waals surface area contributed by atoms with E-state index in [1.54, 1.807) is 0 Å². The lowest BCUT2D eigenvalue weighted by Gasteiger charge is -2.17. The molecule has 3 heteroatoms. The zero-order valence-electron chi connectivity index (χ0n) is 11.6. The van der Waals surface area contributed by atoms with Gasteiger partial charge in [-0.3, -0.25) is 0 Å². The third-order valence-electron chi connectivity index (χ3n) is 3.40. The van der Waals surface area contributed by atoms with E-state index in [0.29, 0.717) is 5.92 Å². The first-order valence-corrected chi connectivity index (χ1v) is 7.98. The lowest BCUT2D eigenvalue weighted by molar-refractivity contribution is 0.493. The van der Waals surface area contributed by atoms with Gasteiger partial charge in [0.2, 0.25) is 0 Å². The van der Waals surface area contributed by atoms with Crippen molar-refractivity contribution in [2.45, 2.75) is 12.8 Å². The molecule has 1 unspecified atom stereocenters. The Morgan fingerprint density at radius 2 is 1.75 bits per heavy atom. The molecule has 2 aromatic rings. The molecule has 0 radical (unpaired) electrons. The quantitative estimate of drug-likeness (QED) is 0.793. The minimum atomic E-state index is 0.543. The van der Waals surface area contributed by atoms with Crippen molar-refractivity contribution in [3.8, 4) is 0 Å². The Hall–Kier alpha value is -0.830. The van der Waals surface area contributed by atoms with Crippen LogP contribution in [0.3, 0.4) is 0 Å². The van der Waals surface area contributed by atoms with Gasteiger partial charge in [-0.2, -0.15) is 0 Å². The highest BCUT2D eigenvalue weighted by Crippen LogP contribution is 2.21. The Morgan fingerprint density at radius 3 is 2.40 bits per heavy atom. The first-order chi connectivity index (χ1) is 9.69. The third kappa shape index (κ3) is 4.62. The smallest absolute Gasteiger partial charge is 0.0438 e. The number of hydrogen-bond donors (Lipinski definition) is 1. The molecule has 0 spiro atoms. The average Bonchev–Trinajstić information content (AvgIpc) is 2.44. The second-order valence-corrected chi connectivity index (χ2v) is 6.37. The Morgan fingerprint density at radius 1 is 1.05 bits per heavy atom. The van der Waals surface area contributed by atoms with Crippen molar-refractivity contribution in [2.24, 2.45) is 5.92 Å². The molecule has 0 heterocycles. The number of nitrogens with one attached hydrogen (secondary N) is 1. The first-order valence-electron chi connectivity index (χ1n) is 6.81. The number of rotatable bonds is 6. The molecule has 1 atom stereocenters. The highest BCUT2D eigenvalue weighted by molar-refractivity contribution is 9.10. The summed E-state index contributed by atoms with van der Waals surface area (Å²) < 4.78 is 1.12. The van der Waals surface area contributed by atoms with Gasteiger partial charge >= 0.3 is 0 Å². The summed E-state index contributed by atoms with van der Waals surface area (Å²) in [7, 11) is 2.00. The van der Waals surface area contributed by atoms with E-state index in [1.807, 2.05) is 19.2 Å². The standard InChI is InChI=1S/C17H19BrClN/c1-20-12-14(10-13-6-8-16(18)9-7-13)11-15-4-2-3-5-17(15)19/h2-9,14,20H,10-12H2,1H3. The molecule has 106 valence electrons. The van der Waals surface area contributed by atoms with E-state index < -0.39 is 0 Å². The molecule has 0 aromatic heterocycles. The number of benzene rings is 2. The molecular weight excluding hydrogens is 334 g/mol. The van der Waals surface area contributed by atoms with Crippen molar-refractivity contribution in [2.75, 3.05) is 13.6 Å². The number of hydrogen-bond acceptors (Lipinski definition) is 1. The summed E-state index contributed by atoms with van der Waals surface area (Å²) in [5.74, 6) is 0.543. The van der Waals surface area contributed by atoms with Gasteiger partial charge in [-0.25, -0.2) is 0 Å². The topological polar surface area (TPSA) is 12.0 Å². The highest BCUT2D eigenvalue weighted by Gasteiger charge is 2.12. The maximum Gasteiger partial charge on any atom is 0.0438 e. The fraction of sp³-hybridized carbons (Fsp3) is 0.294. The molecule has 0 saturated carbocycles. The van der Waals surface area contributed by atoms with Gasteiger partial charge in [-0.05, 0) is 61.7 Å². The van der Waals surface area contributed by atoms with Crippen molar-refractivity contribution in [3.63, 3.8) is 0 Å². The Bertz CT molecular complexity index is 539. The van der Waals surface area contributed by atoms with Crippen LogP contribution in [0.25, 0.3) is 0 Å². The molecular formula is C17H19BrClN. The minimum absolute atomic E-state index is 0.543. The average molecular weight is 353 g/mol. The SMILES string of the molecule is CNCC(Cc1ccc(Br)cc1)Cc1ccccc1Cl.